The second-order valence-electron chi connectivity index (χ2n) is 3.35. The Kier molecular flexibility index (Phi) is 1.50. The molecule has 0 aromatic carbocycles. The van der Waals surface area contributed by atoms with Gasteiger partial charge in [0.1, 0.15) is 0 Å². The maximum absolute atomic E-state index is 3.60. The van der Waals surface area contributed by atoms with E-state index in [9.17, 15) is 0 Å². The minimum Gasteiger partial charge on any atom is -0.354 e. The Hall–Kier alpha value is -0.540. The van der Waals surface area contributed by atoms with E-state index < -0.39 is 0 Å². The molecule has 3 rings (SSSR count). The summed E-state index contributed by atoms with van der Waals surface area (Å²) in [7, 11) is 2.11. The van der Waals surface area contributed by atoms with Crippen molar-refractivity contribution < 1.29 is 0 Å². The number of aryl methyl sites for hydroxylation is 1. The highest BCUT2D eigenvalue weighted by Crippen LogP contribution is 2.45. The number of thiophene rings is 1. The zero-order valence-electron chi connectivity index (χ0n) is 7.17. The van der Waals surface area contributed by atoms with E-state index in [1.54, 1.807) is 0 Å². The molecule has 0 amide bonds. The summed E-state index contributed by atoms with van der Waals surface area (Å²) >= 11 is 5.45. The van der Waals surface area contributed by atoms with Crippen molar-refractivity contribution in [2.75, 3.05) is 0 Å². The van der Waals surface area contributed by atoms with Crippen LogP contribution in [0.4, 0.5) is 0 Å². The van der Waals surface area contributed by atoms with Gasteiger partial charge in [0.2, 0.25) is 0 Å². The lowest BCUT2D eigenvalue weighted by molar-refractivity contribution is 0.864. The molecule has 2 aromatic rings. The Morgan fingerprint density at radius 3 is 3.23 bits per heavy atom. The Labute approximate surface area is 89.1 Å². The quantitative estimate of drug-likeness (QED) is 0.579. The molecule has 13 heavy (non-hydrogen) atoms. The van der Waals surface area contributed by atoms with Crippen molar-refractivity contribution in [3.8, 4) is 11.1 Å². The van der Waals surface area contributed by atoms with E-state index in [4.69, 9.17) is 0 Å². The summed E-state index contributed by atoms with van der Waals surface area (Å²) in [4.78, 5) is 1.49. The molecule has 0 fully saturated rings. The molecule has 0 spiro atoms. The summed E-state index contributed by atoms with van der Waals surface area (Å²) in [5, 5.41) is 2.18. The van der Waals surface area contributed by atoms with Gasteiger partial charge in [-0.3, -0.25) is 0 Å². The molecule has 0 radical (unpaired) electrons. The van der Waals surface area contributed by atoms with Gasteiger partial charge >= 0.3 is 0 Å². The average Bonchev–Trinajstić information content (AvgIpc) is 2.69. The molecular weight excluding hydrogens is 246 g/mol. The van der Waals surface area contributed by atoms with E-state index in [2.05, 4.69) is 45.2 Å². The van der Waals surface area contributed by atoms with Crippen LogP contribution in [0.15, 0.2) is 22.1 Å². The summed E-state index contributed by atoms with van der Waals surface area (Å²) in [5.74, 6) is 0. The second kappa shape index (κ2) is 2.49. The van der Waals surface area contributed by atoms with Gasteiger partial charge in [0, 0.05) is 51.2 Å². The van der Waals surface area contributed by atoms with Crippen LogP contribution in [0, 0.1) is 0 Å². The first kappa shape index (κ1) is 7.83. The first-order valence-corrected chi connectivity index (χ1v) is 5.85. The van der Waals surface area contributed by atoms with Crippen molar-refractivity contribution in [1.29, 1.82) is 0 Å². The van der Waals surface area contributed by atoms with Gasteiger partial charge in [-0.25, -0.2) is 0 Å². The van der Waals surface area contributed by atoms with Crippen LogP contribution in [-0.2, 0) is 13.5 Å². The van der Waals surface area contributed by atoms with Crippen LogP contribution in [0.25, 0.3) is 11.1 Å². The molecule has 0 unspecified atom stereocenters. The van der Waals surface area contributed by atoms with Crippen molar-refractivity contribution in [2.24, 2.45) is 7.05 Å². The lowest BCUT2D eigenvalue weighted by atomic mass is 10.2. The lowest BCUT2D eigenvalue weighted by Gasteiger charge is -1.96. The van der Waals surface area contributed by atoms with Crippen LogP contribution >= 0.6 is 27.3 Å². The van der Waals surface area contributed by atoms with Crippen LogP contribution in [0.1, 0.15) is 10.6 Å². The van der Waals surface area contributed by atoms with Gasteiger partial charge in [-0.1, -0.05) is 0 Å². The third kappa shape index (κ3) is 0.916. The molecule has 66 valence electrons. The second-order valence-corrected chi connectivity index (χ2v) is 5.16. The Morgan fingerprint density at radius 2 is 2.38 bits per heavy atom. The standard InChI is InChI=1S/C10H8BrNS/c1-12-3-2-6-8(12)4-9-10(6)7(11)5-13-9/h2-3,5H,4H2,1H3. The monoisotopic (exact) mass is 253 g/mol. The first-order chi connectivity index (χ1) is 6.27. The maximum atomic E-state index is 3.60. The normalized spacial score (nSPS) is 13.1. The summed E-state index contributed by atoms with van der Waals surface area (Å²) in [6.45, 7) is 0. The van der Waals surface area contributed by atoms with Gasteiger partial charge in [-0.15, -0.1) is 11.3 Å². The summed E-state index contributed by atoms with van der Waals surface area (Å²) < 4.78 is 3.46. The lowest BCUT2D eigenvalue weighted by Crippen LogP contribution is -1.91. The van der Waals surface area contributed by atoms with Gasteiger partial charge in [0.25, 0.3) is 0 Å². The smallest absolute Gasteiger partial charge is 0.0364 e. The molecule has 0 saturated heterocycles. The van der Waals surface area contributed by atoms with E-state index >= 15 is 0 Å². The van der Waals surface area contributed by atoms with Crippen LogP contribution in [0.5, 0.6) is 0 Å². The van der Waals surface area contributed by atoms with Crippen LogP contribution in [0.3, 0.4) is 0 Å². The van der Waals surface area contributed by atoms with E-state index in [1.165, 1.54) is 26.2 Å². The van der Waals surface area contributed by atoms with Crippen LogP contribution < -0.4 is 0 Å². The summed E-state index contributed by atoms with van der Waals surface area (Å²) in [6.07, 6.45) is 3.24. The SMILES string of the molecule is Cn1ccc2c1Cc1scc(Br)c1-2. The molecule has 0 bridgehead atoms. The fraction of sp³-hybridized carbons (Fsp3) is 0.200. The molecule has 1 aliphatic carbocycles. The molecule has 0 aliphatic heterocycles. The molecule has 0 saturated carbocycles. The molecule has 1 nitrogen and oxygen atoms in total. The largest absolute Gasteiger partial charge is 0.354 e. The number of rotatable bonds is 0. The van der Waals surface area contributed by atoms with Gasteiger partial charge in [0.15, 0.2) is 0 Å². The topological polar surface area (TPSA) is 4.93 Å². The molecule has 0 atom stereocenters. The van der Waals surface area contributed by atoms with E-state index in [1.807, 2.05) is 11.3 Å². The third-order valence-electron chi connectivity index (χ3n) is 2.62. The molecule has 0 N–H and O–H groups in total. The average molecular weight is 254 g/mol. The van der Waals surface area contributed by atoms with Crippen LogP contribution in [-0.4, -0.2) is 4.57 Å². The number of aromatic nitrogens is 1. The van der Waals surface area contributed by atoms with Crippen LogP contribution in [0.2, 0.25) is 0 Å². The fourth-order valence-electron chi connectivity index (χ4n) is 1.94. The number of nitrogens with zero attached hydrogens (tertiary/aromatic N) is 1. The zero-order chi connectivity index (χ0) is 9.00. The van der Waals surface area contributed by atoms with E-state index in [-0.39, 0.29) is 0 Å². The third-order valence-corrected chi connectivity index (χ3v) is 4.54. The van der Waals surface area contributed by atoms with Crippen molar-refractivity contribution >= 4 is 27.3 Å². The predicted molar refractivity (Wildman–Crippen MR) is 59.2 cm³/mol. The Balaban J connectivity index is 2.35. The maximum Gasteiger partial charge on any atom is 0.0364 e. The highest BCUT2D eigenvalue weighted by molar-refractivity contribution is 9.10. The van der Waals surface area contributed by atoms with Gasteiger partial charge in [-0.2, -0.15) is 0 Å². The van der Waals surface area contributed by atoms with Gasteiger partial charge in [-0.05, 0) is 22.0 Å². The van der Waals surface area contributed by atoms with E-state index in [0.29, 0.717) is 0 Å². The van der Waals surface area contributed by atoms with Crippen molar-refractivity contribution in [3.05, 3.63) is 32.7 Å². The fourth-order valence-corrected chi connectivity index (χ4v) is 3.73. The minimum atomic E-state index is 1.10. The van der Waals surface area contributed by atoms with Crippen molar-refractivity contribution in [3.63, 3.8) is 0 Å². The highest BCUT2D eigenvalue weighted by Gasteiger charge is 2.24. The molecule has 2 aromatic heterocycles. The number of hydrogen-bond acceptors (Lipinski definition) is 1. The number of halogens is 1. The van der Waals surface area contributed by atoms with E-state index in [0.717, 1.165) is 6.42 Å². The summed E-state index contributed by atoms with van der Waals surface area (Å²) in [5.41, 5.74) is 4.27. The Bertz CT molecular complexity index is 481. The minimum absolute atomic E-state index is 1.10. The predicted octanol–water partition coefficient (Wildman–Crippen LogP) is 3.42. The molecule has 3 heteroatoms. The van der Waals surface area contributed by atoms with Gasteiger partial charge in [0.05, 0.1) is 0 Å². The van der Waals surface area contributed by atoms with Crippen molar-refractivity contribution in [2.45, 2.75) is 6.42 Å². The number of hydrogen-bond donors (Lipinski definition) is 0. The molecule has 2 heterocycles. The highest BCUT2D eigenvalue weighted by atomic mass is 79.9. The zero-order valence-corrected chi connectivity index (χ0v) is 9.58. The van der Waals surface area contributed by atoms with Crippen molar-refractivity contribution in [1.82, 2.24) is 4.57 Å². The number of fused-ring (bicyclic) bond motifs is 3. The molecular formula is C10H8BrNS. The first-order valence-electron chi connectivity index (χ1n) is 4.18. The van der Waals surface area contributed by atoms with Gasteiger partial charge < -0.3 is 4.57 Å². The molecule has 1 aliphatic rings. The Morgan fingerprint density at radius 1 is 1.54 bits per heavy atom. The summed E-state index contributed by atoms with van der Waals surface area (Å²) in [6, 6.07) is 2.21.